The molecular weight excluding hydrogens is 380 g/mol. The molecule has 0 radical (unpaired) electrons. The molecule has 0 bridgehead atoms. The lowest BCUT2D eigenvalue weighted by molar-refractivity contribution is 0.875. The van der Waals surface area contributed by atoms with Crippen molar-refractivity contribution in [1.82, 2.24) is 0 Å². The number of benzene rings is 4. The van der Waals surface area contributed by atoms with Crippen molar-refractivity contribution in [3.05, 3.63) is 91.0 Å². The predicted octanol–water partition coefficient (Wildman–Crippen LogP) is 5.61. The van der Waals surface area contributed by atoms with Gasteiger partial charge in [0.2, 0.25) is 0 Å². The van der Waals surface area contributed by atoms with Gasteiger partial charge in [-0.3, -0.25) is 0 Å². The average Bonchev–Trinajstić information content (AvgIpc) is 2.79. The summed E-state index contributed by atoms with van der Waals surface area (Å²) in [6.07, 6.45) is 0.913. The van der Waals surface area contributed by atoms with Gasteiger partial charge in [-0.1, -0.05) is 60.7 Å². The number of hydrogen-bond acceptors (Lipinski definition) is 4. The second-order valence-electron chi connectivity index (χ2n) is 7.66. The summed E-state index contributed by atoms with van der Waals surface area (Å²) >= 11 is 0. The smallest absolute Gasteiger partial charge is 0.0426 e. The van der Waals surface area contributed by atoms with Gasteiger partial charge in [-0.25, -0.2) is 0 Å². The molecule has 0 aromatic heterocycles. The fraction of sp³-hybridized carbons (Fsp3) is 0.111. The molecule has 0 heterocycles. The largest absolute Gasteiger partial charge is 0.399 e. The van der Waals surface area contributed by atoms with E-state index in [9.17, 15) is 0 Å². The number of nitrogens with two attached hydrogens (primary N) is 3. The Kier molecular flexibility index (Phi) is 6.20. The third-order valence-corrected chi connectivity index (χ3v) is 5.35. The van der Waals surface area contributed by atoms with Crippen molar-refractivity contribution in [1.29, 1.82) is 0 Å². The van der Waals surface area contributed by atoms with E-state index in [-0.39, 0.29) is 0 Å². The van der Waals surface area contributed by atoms with E-state index in [0.29, 0.717) is 6.54 Å². The third-order valence-electron chi connectivity index (χ3n) is 5.35. The van der Waals surface area contributed by atoms with Gasteiger partial charge in [0.1, 0.15) is 0 Å². The monoisotopic (exact) mass is 408 g/mol. The van der Waals surface area contributed by atoms with Crippen molar-refractivity contribution in [3.63, 3.8) is 0 Å². The predicted molar refractivity (Wildman–Crippen MR) is 134 cm³/mol. The van der Waals surface area contributed by atoms with E-state index < -0.39 is 0 Å². The molecule has 31 heavy (non-hydrogen) atoms. The highest BCUT2D eigenvalue weighted by atomic mass is 14.9. The minimum absolute atomic E-state index is 0.659. The number of nitrogens with one attached hydrogen (secondary N) is 1. The molecule has 4 rings (SSSR count). The van der Waals surface area contributed by atoms with Gasteiger partial charge >= 0.3 is 0 Å². The molecule has 4 heteroatoms. The van der Waals surface area contributed by atoms with Gasteiger partial charge < -0.3 is 22.5 Å². The summed E-state index contributed by atoms with van der Waals surface area (Å²) in [6.45, 7) is 1.48. The van der Waals surface area contributed by atoms with Gasteiger partial charge in [0.05, 0.1) is 0 Å². The summed E-state index contributed by atoms with van der Waals surface area (Å²) in [7, 11) is 0. The molecule has 0 aliphatic rings. The van der Waals surface area contributed by atoms with Crippen molar-refractivity contribution < 1.29 is 0 Å². The van der Waals surface area contributed by atoms with E-state index in [2.05, 4.69) is 59.9 Å². The van der Waals surface area contributed by atoms with Crippen molar-refractivity contribution in [2.45, 2.75) is 6.42 Å². The van der Waals surface area contributed by atoms with Gasteiger partial charge in [0, 0.05) is 29.2 Å². The molecule has 4 aromatic carbocycles. The summed E-state index contributed by atoms with van der Waals surface area (Å²) in [5.41, 5.74) is 27.0. The Hall–Kier alpha value is -3.76. The first kappa shape index (κ1) is 20.5. The molecule has 0 spiro atoms. The van der Waals surface area contributed by atoms with Crippen LogP contribution in [0.1, 0.15) is 6.42 Å². The minimum atomic E-state index is 0.659. The fourth-order valence-electron chi connectivity index (χ4n) is 3.73. The zero-order valence-corrected chi connectivity index (χ0v) is 17.5. The highest BCUT2D eigenvalue weighted by Crippen LogP contribution is 2.34. The normalized spacial score (nSPS) is 10.7. The van der Waals surface area contributed by atoms with Gasteiger partial charge in [-0.05, 0) is 71.1 Å². The average molecular weight is 409 g/mol. The maximum absolute atomic E-state index is 5.99. The topological polar surface area (TPSA) is 90.1 Å². The molecule has 0 unspecified atom stereocenters. The third kappa shape index (κ3) is 4.87. The Balaban J connectivity index is 1.69. The maximum Gasteiger partial charge on any atom is 0.0426 e. The van der Waals surface area contributed by atoms with Crippen molar-refractivity contribution in [2.75, 3.05) is 29.9 Å². The molecular formula is C27H28N4. The maximum atomic E-state index is 5.99. The number of nitrogen functional groups attached to an aromatic ring is 2. The van der Waals surface area contributed by atoms with Gasteiger partial charge in [0.25, 0.3) is 0 Å². The molecule has 0 atom stereocenters. The standard InChI is InChI=1S/C27H28N4/c28-14-3-15-31-27-18-23(22-5-2-7-25(30)17-22)12-13-26(27)20-10-8-19(9-11-20)21-4-1-6-24(29)16-21/h1-2,4-13,16-18,31H,3,14-15,28-30H2. The van der Waals surface area contributed by atoms with Crippen LogP contribution in [0.2, 0.25) is 0 Å². The molecule has 0 aliphatic heterocycles. The number of hydrogen-bond donors (Lipinski definition) is 4. The van der Waals surface area contributed by atoms with E-state index in [1.165, 1.54) is 0 Å². The van der Waals surface area contributed by atoms with E-state index in [1.54, 1.807) is 0 Å². The SMILES string of the molecule is NCCCNc1cc(-c2cccc(N)c2)ccc1-c1ccc(-c2cccc(N)c2)cc1. The lowest BCUT2D eigenvalue weighted by Gasteiger charge is -2.15. The second-order valence-corrected chi connectivity index (χ2v) is 7.66. The van der Waals surface area contributed by atoms with Crippen LogP contribution < -0.4 is 22.5 Å². The van der Waals surface area contributed by atoms with E-state index in [4.69, 9.17) is 17.2 Å². The molecule has 0 amide bonds. The lowest BCUT2D eigenvalue weighted by atomic mass is 9.96. The van der Waals surface area contributed by atoms with Crippen LogP contribution in [0.4, 0.5) is 17.1 Å². The summed E-state index contributed by atoms with van der Waals surface area (Å²) < 4.78 is 0. The minimum Gasteiger partial charge on any atom is -0.399 e. The van der Waals surface area contributed by atoms with Crippen molar-refractivity contribution in [2.24, 2.45) is 5.73 Å². The van der Waals surface area contributed by atoms with Crippen LogP contribution in [-0.4, -0.2) is 13.1 Å². The number of anilines is 3. The summed E-state index contributed by atoms with van der Waals surface area (Å²) in [6, 6.07) is 31.0. The molecule has 4 nitrogen and oxygen atoms in total. The summed E-state index contributed by atoms with van der Waals surface area (Å²) in [5.74, 6) is 0. The molecule has 0 aliphatic carbocycles. The lowest BCUT2D eigenvalue weighted by Crippen LogP contribution is -2.09. The zero-order valence-electron chi connectivity index (χ0n) is 17.5. The first-order chi connectivity index (χ1) is 15.1. The molecule has 0 saturated heterocycles. The van der Waals surface area contributed by atoms with Gasteiger partial charge in [0.15, 0.2) is 0 Å². The van der Waals surface area contributed by atoms with E-state index in [1.807, 2.05) is 36.4 Å². The fourth-order valence-corrected chi connectivity index (χ4v) is 3.73. The second kappa shape index (κ2) is 9.37. The summed E-state index contributed by atoms with van der Waals surface area (Å²) in [4.78, 5) is 0. The first-order valence-corrected chi connectivity index (χ1v) is 10.5. The van der Waals surface area contributed by atoms with Crippen LogP contribution >= 0.6 is 0 Å². The van der Waals surface area contributed by atoms with Gasteiger partial charge in [-0.15, -0.1) is 0 Å². The van der Waals surface area contributed by atoms with E-state index in [0.717, 1.165) is 63.4 Å². The quantitative estimate of drug-likeness (QED) is 0.236. The zero-order chi connectivity index (χ0) is 21.6. The molecule has 0 fully saturated rings. The van der Waals surface area contributed by atoms with Crippen molar-refractivity contribution in [3.8, 4) is 33.4 Å². The molecule has 7 N–H and O–H groups in total. The number of rotatable bonds is 7. The molecule has 0 saturated carbocycles. The Bertz CT molecular complexity index is 1170. The van der Waals surface area contributed by atoms with E-state index >= 15 is 0 Å². The Labute approximate surface area is 183 Å². The van der Waals surface area contributed by atoms with Crippen LogP contribution in [0, 0.1) is 0 Å². The first-order valence-electron chi connectivity index (χ1n) is 10.5. The Morgan fingerprint density at radius 2 is 1.13 bits per heavy atom. The summed E-state index contributed by atoms with van der Waals surface area (Å²) in [5, 5.41) is 3.56. The van der Waals surface area contributed by atoms with Crippen LogP contribution in [-0.2, 0) is 0 Å². The van der Waals surface area contributed by atoms with Crippen LogP contribution in [0.15, 0.2) is 91.0 Å². The molecule has 156 valence electrons. The Morgan fingerprint density at radius 1 is 0.581 bits per heavy atom. The molecule has 4 aromatic rings. The van der Waals surface area contributed by atoms with Crippen LogP contribution in [0.3, 0.4) is 0 Å². The highest BCUT2D eigenvalue weighted by molar-refractivity contribution is 5.84. The van der Waals surface area contributed by atoms with Crippen LogP contribution in [0.5, 0.6) is 0 Å². The highest BCUT2D eigenvalue weighted by Gasteiger charge is 2.09. The Morgan fingerprint density at radius 3 is 1.74 bits per heavy atom. The van der Waals surface area contributed by atoms with Gasteiger partial charge in [-0.2, -0.15) is 0 Å². The van der Waals surface area contributed by atoms with Crippen molar-refractivity contribution >= 4 is 17.1 Å². The van der Waals surface area contributed by atoms with Crippen LogP contribution in [0.25, 0.3) is 33.4 Å².